The van der Waals surface area contributed by atoms with Gasteiger partial charge in [-0.05, 0) is 30.7 Å². The van der Waals surface area contributed by atoms with Crippen molar-refractivity contribution < 1.29 is 9.47 Å². The minimum absolute atomic E-state index is 0.435. The van der Waals surface area contributed by atoms with E-state index in [1.807, 2.05) is 0 Å². The fourth-order valence-corrected chi connectivity index (χ4v) is 2.59. The smallest absolute Gasteiger partial charge is 0.240 e. The van der Waals surface area contributed by atoms with Gasteiger partial charge in [-0.15, -0.1) is 0 Å². The quantitative estimate of drug-likeness (QED) is 0.892. The van der Waals surface area contributed by atoms with Crippen molar-refractivity contribution in [3.8, 4) is 11.8 Å². The van der Waals surface area contributed by atoms with Crippen LogP contribution in [0.1, 0.15) is 32.6 Å². The third-order valence-electron chi connectivity index (χ3n) is 3.57. The maximum atomic E-state index is 5.74. The zero-order valence-electron chi connectivity index (χ0n) is 11.2. The average molecular weight is 250 g/mol. The number of hydrogen-bond donors (Lipinski definition) is 1. The molecular formula is C14H22N2O2. The Morgan fingerprint density at radius 1 is 1.39 bits per heavy atom. The van der Waals surface area contributed by atoms with Gasteiger partial charge in [0.1, 0.15) is 0 Å². The zero-order valence-corrected chi connectivity index (χ0v) is 11.2. The predicted molar refractivity (Wildman–Crippen MR) is 71.8 cm³/mol. The molecule has 2 rings (SSSR count). The van der Waals surface area contributed by atoms with Crippen LogP contribution in [0.3, 0.4) is 0 Å². The molecule has 1 aliphatic rings. The van der Waals surface area contributed by atoms with Gasteiger partial charge in [0.05, 0.1) is 19.4 Å². The molecule has 1 aromatic heterocycles. The Bertz CT molecular complexity index is 395. The number of nitrogen functional groups attached to an aromatic ring is 1. The fraction of sp³-hybridized carbons (Fsp3) is 0.643. The van der Waals surface area contributed by atoms with E-state index in [0.29, 0.717) is 23.4 Å². The molecule has 2 atom stereocenters. The first kappa shape index (κ1) is 13.0. The lowest BCUT2D eigenvalue weighted by atomic mass is 9.83. The highest BCUT2D eigenvalue weighted by Crippen LogP contribution is 2.29. The highest BCUT2D eigenvalue weighted by molar-refractivity contribution is 5.49. The second-order valence-corrected chi connectivity index (χ2v) is 5.20. The van der Waals surface area contributed by atoms with Crippen molar-refractivity contribution in [1.29, 1.82) is 0 Å². The topological polar surface area (TPSA) is 57.4 Å². The van der Waals surface area contributed by atoms with Crippen LogP contribution in [0.25, 0.3) is 0 Å². The Labute approximate surface area is 108 Å². The van der Waals surface area contributed by atoms with Gasteiger partial charge in [0.2, 0.25) is 11.8 Å². The van der Waals surface area contributed by atoms with Crippen molar-refractivity contribution in [2.45, 2.75) is 32.6 Å². The minimum Gasteiger partial charge on any atom is -0.479 e. The average Bonchev–Trinajstić information content (AvgIpc) is 2.38. The molecule has 0 aromatic carbocycles. The number of aromatic nitrogens is 1. The van der Waals surface area contributed by atoms with Crippen molar-refractivity contribution in [2.24, 2.45) is 11.8 Å². The van der Waals surface area contributed by atoms with E-state index in [1.165, 1.54) is 25.7 Å². The van der Waals surface area contributed by atoms with Crippen LogP contribution in [-0.4, -0.2) is 18.7 Å². The first-order valence-electron chi connectivity index (χ1n) is 6.62. The van der Waals surface area contributed by atoms with Crippen LogP contribution in [0.15, 0.2) is 12.1 Å². The molecule has 1 heterocycles. The maximum Gasteiger partial charge on any atom is 0.240 e. The molecule has 0 spiro atoms. The van der Waals surface area contributed by atoms with E-state index in [2.05, 4.69) is 11.9 Å². The van der Waals surface area contributed by atoms with E-state index in [4.69, 9.17) is 15.2 Å². The number of rotatable bonds is 4. The maximum absolute atomic E-state index is 5.74. The number of pyridine rings is 1. The molecule has 0 amide bonds. The molecule has 1 saturated carbocycles. The number of methoxy groups -OCH3 is 1. The summed E-state index contributed by atoms with van der Waals surface area (Å²) in [5.41, 5.74) is 6.25. The minimum atomic E-state index is 0.435. The Balaban J connectivity index is 1.89. The SMILES string of the molecule is COc1nc(OCC2CCCC(C)C2)ccc1N. The zero-order chi connectivity index (χ0) is 13.0. The number of nitrogens with zero attached hydrogens (tertiary/aromatic N) is 1. The molecule has 0 aliphatic heterocycles. The van der Waals surface area contributed by atoms with Gasteiger partial charge in [0.15, 0.2) is 0 Å². The highest BCUT2D eigenvalue weighted by Gasteiger charge is 2.19. The van der Waals surface area contributed by atoms with E-state index in [-0.39, 0.29) is 0 Å². The van der Waals surface area contributed by atoms with E-state index < -0.39 is 0 Å². The third kappa shape index (κ3) is 3.28. The van der Waals surface area contributed by atoms with Crippen molar-refractivity contribution >= 4 is 5.69 Å². The van der Waals surface area contributed by atoms with Crippen LogP contribution < -0.4 is 15.2 Å². The summed E-state index contributed by atoms with van der Waals surface area (Å²) in [5.74, 6) is 2.50. The van der Waals surface area contributed by atoms with Crippen molar-refractivity contribution in [1.82, 2.24) is 4.98 Å². The largest absolute Gasteiger partial charge is 0.479 e. The van der Waals surface area contributed by atoms with Crippen LogP contribution in [0.5, 0.6) is 11.8 Å². The molecular weight excluding hydrogens is 228 g/mol. The van der Waals surface area contributed by atoms with Crippen molar-refractivity contribution in [3.63, 3.8) is 0 Å². The van der Waals surface area contributed by atoms with E-state index in [0.717, 1.165) is 12.5 Å². The van der Waals surface area contributed by atoms with Crippen LogP contribution in [0.2, 0.25) is 0 Å². The second kappa shape index (κ2) is 5.94. The van der Waals surface area contributed by atoms with Crippen LogP contribution in [0.4, 0.5) is 5.69 Å². The molecule has 2 N–H and O–H groups in total. The lowest BCUT2D eigenvalue weighted by Crippen LogP contribution is -2.20. The molecule has 1 fully saturated rings. The number of hydrogen-bond acceptors (Lipinski definition) is 4. The van der Waals surface area contributed by atoms with Gasteiger partial charge < -0.3 is 15.2 Å². The highest BCUT2D eigenvalue weighted by atomic mass is 16.5. The normalized spacial score (nSPS) is 23.7. The van der Waals surface area contributed by atoms with Gasteiger partial charge >= 0.3 is 0 Å². The van der Waals surface area contributed by atoms with E-state index in [9.17, 15) is 0 Å². The molecule has 100 valence electrons. The predicted octanol–water partition coefficient (Wildman–Crippen LogP) is 2.88. The van der Waals surface area contributed by atoms with Gasteiger partial charge in [0.25, 0.3) is 0 Å². The summed E-state index contributed by atoms with van der Waals surface area (Å²) in [6.45, 7) is 3.06. The van der Waals surface area contributed by atoms with Crippen LogP contribution in [0, 0.1) is 11.8 Å². The number of anilines is 1. The summed E-state index contributed by atoms with van der Waals surface area (Å²) in [7, 11) is 1.56. The Kier molecular flexibility index (Phi) is 4.28. The molecule has 0 radical (unpaired) electrons. The van der Waals surface area contributed by atoms with Gasteiger partial charge in [0, 0.05) is 6.07 Å². The molecule has 0 bridgehead atoms. The lowest BCUT2D eigenvalue weighted by molar-refractivity contribution is 0.176. The van der Waals surface area contributed by atoms with Gasteiger partial charge in [-0.1, -0.05) is 19.8 Å². The first-order chi connectivity index (χ1) is 8.69. The summed E-state index contributed by atoms with van der Waals surface area (Å²) in [5, 5.41) is 0. The molecule has 4 nitrogen and oxygen atoms in total. The van der Waals surface area contributed by atoms with Crippen LogP contribution in [-0.2, 0) is 0 Å². The summed E-state index contributed by atoms with van der Waals surface area (Å²) in [4.78, 5) is 4.22. The molecule has 4 heteroatoms. The Morgan fingerprint density at radius 2 is 2.22 bits per heavy atom. The molecule has 0 saturated heterocycles. The summed E-state index contributed by atoms with van der Waals surface area (Å²) < 4.78 is 10.8. The summed E-state index contributed by atoms with van der Waals surface area (Å²) in [6, 6.07) is 3.56. The molecule has 2 unspecified atom stereocenters. The third-order valence-corrected chi connectivity index (χ3v) is 3.57. The van der Waals surface area contributed by atoms with Gasteiger partial charge in [-0.3, -0.25) is 0 Å². The first-order valence-corrected chi connectivity index (χ1v) is 6.62. The van der Waals surface area contributed by atoms with Crippen molar-refractivity contribution in [3.05, 3.63) is 12.1 Å². The lowest BCUT2D eigenvalue weighted by Gasteiger charge is -2.26. The van der Waals surface area contributed by atoms with E-state index >= 15 is 0 Å². The Morgan fingerprint density at radius 3 is 2.94 bits per heavy atom. The molecule has 18 heavy (non-hydrogen) atoms. The molecule has 1 aliphatic carbocycles. The fourth-order valence-electron chi connectivity index (χ4n) is 2.59. The summed E-state index contributed by atoms with van der Waals surface area (Å²) >= 11 is 0. The Hall–Kier alpha value is -1.45. The van der Waals surface area contributed by atoms with Crippen LogP contribution >= 0.6 is 0 Å². The van der Waals surface area contributed by atoms with Gasteiger partial charge in [-0.25, -0.2) is 0 Å². The van der Waals surface area contributed by atoms with Crippen molar-refractivity contribution in [2.75, 3.05) is 19.5 Å². The van der Waals surface area contributed by atoms with E-state index in [1.54, 1.807) is 19.2 Å². The number of ether oxygens (including phenoxy) is 2. The van der Waals surface area contributed by atoms with Gasteiger partial charge in [-0.2, -0.15) is 4.98 Å². The number of nitrogens with two attached hydrogens (primary N) is 1. The standard InChI is InChI=1S/C14H22N2O2/c1-10-4-3-5-11(8-10)9-18-13-7-6-12(15)14(16-13)17-2/h6-7,10-11H,3-5,8-9,15H2,1-2H3. The second-order valence-electron chi connectivity index (χ2n) is 5.20. The molecule has 1 aromatic rings. The monoisotopic (exact) mass is 250 g/mol. The summed E-state index contributed by atoms with van der Waals surface area (Å²) in [6.07, 6.45) is 5.18.